The lowest BCUT2D eigenvalue weighted by Crippen LogP contribution is -2.27. The minimum Gasteiger partial charge on any atom is -0.462 e. The van der Waals surface area contributed by atoms with Crippen molar-refractivity contribution in [1.82, 2.24) is 0 Å². The molecule has 2 heteroatoms. The summed E-state index contributed by atoms with van der Waals surface area (Å²) in [7, 11) is 0. The fourth-order valence-electron chi connectivity index (χ4n) is 2.10. The Kier molecular flexibility index (Phi) is 3.95. The summed E-state index contributed by atoms with van der Waals surface area (Å²) in [5.41, 5.74) is 0.758. The van der Waals surface area contributed by atoms with Crippen molar-refractivity contribution in [2.75, 3.05) is 6.61 Å². The highest BCUT2D eigenvalue weighted by atomic mass is 16.5. The Hall–Kier alpha value is -0.790. The van der Waals surface area contributed by atoms with E-state index in [0.717, 1.165) is 0 Å². The van der Waals surface area contributed by atoms with E-state index in [0.29, 0.717) is 24.5 Å². The third kappa shape index (κ3) is 2.83. The zero-order valence-electron chi connectivity index (χ0n) is 10.1. The lowest BCUT2D eigenvalue weighted by atomic mass is 9.82. The van der Waals surface area contributed by atoms with Gasteiger partial charge in [-0.1, -0.05) is 40.2 Å². The van der Waals surface area contributed by atoms with Crippen molar-refractivity contribution < 1.29 is 9.53 Å². The van der Waals surface area contributed by atoms with Gasteiger partial charge in [-0.15, -0.1) is 0 Å². The molecule has 1 aliphatic carbocycles. The van der Waals surface area contributed by atoms with Crippen LogP contribution >= 0.6 is 0 Å². The molecule has 0 aromatic carbocycles. The number of rotatable bonds is 4. The summed E-state index contributed by atoms with van der Waals surface area (Å²) in [6.07, 6.45) is 4.35. The molecule has 0 bridgehead atoms. The maximum atomic E-state index is 11.5. The summed E-state index contributed by atoms with van der Waals surface area (Å²) in [5, 5.41) is 0. The topological polar surface area (TPSA) is 26.3 Å². The van der Waals surface area contributed by atoms with Gasteiger partial charge in [-0.2, -0.15) is 0 Å². The van der Waals surface area contributed by atoms with Crippen LogP contribution in [0.2, 0.25) is 0 Å². The summed E-state index contributed by atoms with van der Waals surface area (Å²) < 4.78 is 5.31. The van der Waals surface area contributed by atoms with Crippen LogP contribution in [0.1, 0.15) is 46.5 Å². The van der Waals surface area contributed by atoms with Crippen LogP contribution in [0, 0.1) is 11.3 Å². The molecule has 0 amide bonds. The van der Waals surface area contributed by atoms with Gasteiger partial charge in [-0.3, -0.25) is 0 Å². The normalized spacial score (nSPS) is 30.2. The third-order valence-electron chi connectivity index (χ3n) is 3.82. The Bertz CT molecular complexity index is 257. The molecule has 0 heterocycles. The largest absolute Gasteiger partial charge is 0.462 e. The first-order valence-electron chi connectivity index (χ1n) is 5.84. The second kappa shape index (κ2) is 4.82. The summed E-state index contributed by atoms with van der Waals surface area (Å²) in [5.74, 6) is 0.429. The Balaban J connectivity index is 2.42. The molecule has 86 valence electrons. The Morgan fingerprint density at radius 3 is 2.73 bits per heavy atom. The zero-order chi connectivity index (χ0) is 11.5. The monoisotopic (exact) mass is 210 g/mol. The highest BCUT2D eigenvalue weighted by molar-refractivity contribution is 5.87. The number of hydrogen-bond donors (Lipinski definition) is 0. The molecular weight excluding hydrogens is 188 g/mol. The van der Waals surface area contributed by atoms with E-state index in [1.807, 2.05) is 6.92 Å². The van der Waals surface area contributed by atoms with Crippen molar-refractivity contribution in [3.63, 3.8) is 0 Å². The molecule has 2 unspecified atom stereocenters. The Labute approximate surface area is 92.7 Å². The van der Waals surface area contributed by atoms with Gasteiger partial charge < -0.3 is 4.74 Å². The van der Waals surface area contributed by atoms with Crippen molar-refractivity contribution >= 4 is 5.97 Å². The number of carbonyl (C=O) groups is 1. The molecule has 0 aliphatic heterocycles. The van der Waals surface area contributed by atoms with Crippen LogP contribution in [0.25, 0.3) is 0 Å². The van der Waals surface area contributed by atoms with Gasteiger partial charge in [0.1, 0.15) is 0 Å². The van der Waals surface area contributed by atoms with E-state index >= 15 is 0 Å². The van der Waals surface area contributed by atoms with Gasteiger partial charge in [0.25, 0.3) is 0 Å². The van der Waals surface area contributed by atoms with E-state index < -0.39 is 0 Å². The number of ether oxygens (including phenoxy) is 1. The first-order valence-corrected chi connectivity index (χ1v) is 5.84. The average molecular weight is 210 g/mol. The van der Waals surface area contributed by atoms with E-state index in [1.54, 1.807) is 0 Å². The predicted molar refractivity (Wildman–Crippen MR) is 61.5 cm³/mol. The average Bonchev–Trinajstić information content (AvgIpc) is 2.55. The molecule has 1 rings (SSSR count). The van der Waals surface area contributed by atoms with Gasteiger partial charge in [-0.25, -0.2) is 4.79 Å². The van der Waals surface area contributed by atoms with Gasteiger partial charge >= 0.3 is 5.97 Å². The third-order valence-corrected chi connectivity index (χ3v) is 3.82. The Morgan fingerprint density at radius 2 is 2.27 bits per heavy atom. The summed E-state index contributed by atoms with van der Waals surface area (Å²) in [6.45, 7) is 10.6. The Morgan fingerprint density at radius 1 is 1.60 bits per heavy atom. The lowest BCUT2D eigenvalue weighted by Gasteiger charge is -2.28. The van der Waals surface area contributed by atoms with Crippen LogP contribution in [0.4, 0.5) is 0 Å². The SMILES string of the molecule is C=C(CC)C(=O)OCC1(C)CCCC1C. The molecule has 1 fully saturated rings. The first-order chi connectivity index (χ1) is 6.99. The van der Waals surface area contributed by atoms with Crippen molar-refractivity contribution in [3.8, 4) is 0 Å². The quantitative estimate of drug-likeness (QED) is 0.525. The van der Waals surface area contributed by atoms with Gasteiger partial charge in [0.2, 0.25) is 0 Å². The molecular formula is C13H22O2. The summed E-state index contributed by atoms with van der Waals surface area (Å²) in [4.78, 5) is 11.5. The number of esters is 1. The van der Waals surface area contributed by atoms with E-state index in [-0.39, 0.29) is 11.4 Å². The molecule has 0 radical (unpaired) electrons. The standard InChI is InChI=1S/C13H22O2/c1-5-10(2)12(14)15-9-13(4)8-6-7-11(13)3/h11H,2,5-9H2,1,3-4H3. The van der Waals surface area contributed by atoms with Crippen LogP contribution in [0.3, 0.4) is 0 Å². The van der Waals surface area contributed by atoms with Gasteiger partial charge in [-0.05, 0) is 18.8 Å². The van der Waals surface area contributed by atoms with Gasteiger partial charge in [0.05, 0.1) is 6.61 Å². The molecule has 0 spiro atoms. The van der Waals surface area contributed by atoms with Crippen molar-refractivity contribution in [2.45, 2.75) is 46.5 Å². The van der Waals surface area contributed by atoms with Crippen molar-refractivity contribution in [2.24, 2.45) is 11.3 Å². The highest BCUT2D eigenvalue weighted by Crippen LogP contribution is 2.42. The fraction of sp³-hybridized carbons (Fsp3) is 0.769. The van der Waals surface area contributed by atoms with Crippen LogP contribution in [0.5, 0.6) is 0 Å². The van der Waals surface area contributed by atoms with Gasteiger partial charge in [0.15, 0.2) is 0 Å². The summed E-state index contributed by atoms with van der Waals surface area (Å²) in [6, 6.07) is 0. The van der Waals surface area contributed by atoms with Crippen LogP contribution in [-0.2, 0) is 9.53 Å². The summed E-state index contributed by atoms with van der Waals surface area (Å²) >= 11 is 0. The molecule has 0 N–H and O–H groups in total. The molecule has 2 atom stereocenters. The maximum absolute atomic E-state index is 11.5. The maximum Gasteiger partial charge on any atom is 0.333 e. The minimum absolute atomic E-state index is 0.184. The smallest absolute Gasteiger partial charge is 0.333 e. The first kappa shape index (κ1) is 12.3. The van der Waals surface area contributed by atoms with Crippen molar-refractivity contribution in [3.05, 3.63) is 12.2 Å². The lowest BCUT2D eigenvalue weighted by molar-refractivity contribution is -0.143. The van der Waals surface area contributed by atoms with E-state index in [9.17, 15) is 4.79 Å². The van der Waals surface area contributed by atoms with E-state index in [2.05, 4.69) is 20.4 Å². The minimum atomic E-state index is -0.224. The van der Waals surface area contributed by atoms with Crippen LogP contribution in [0.15, 0.2) is 12.2 Å². The molecule has 1 saturated carbocycles. The predicted octanol–water partition coefficient (Wildman–Crippen LogP) is 3.32. The molecule has 15 heavy (non-hydrogen) atoms. The number of hydrogen-bond acceptors (Lipinski definition) is 2. The molecule has 0 aromatic rings. The highest BCUT2D eigenvalue weighted by Gasteiger charge is 2.36. The molecule has 0 saturated heterocycles. The number of carbonyl (C=O) groups excluding carboxylic acids is 1. The second-order valence-electron chi connectivity index (χ2n) is 4.98. The zero-order valence-corrected chi connectivity index (χ0v) is 10.1. The van der Waals surface area contributed by atoms with Crippen LogP contribution < -0.4 is 0 Å². The van der Waals surface area contributed by atoms with E-state index in [4.69, 9.17) is 4.74 Å². The van der Waals surface area contributed by atoms with Crippen molar-refractivity contribution in [1.29, 1.82) is 0 Å². The molecule has 2 nitrogen and oxygen atoms in total. The van der Waals surface area contributed by atoms with E-state index in [1.165, 1.54) is 19.3 Å². The van der Waals surface area contributed by atoms with Crippen LogP contribution in [-0.4, -0.2) is 12.6 Å². The molecule has 1 aliphatic rings. The second-order valence-corrected chi connectivity index (χ2v) is 4.98. The molecule has 0 aromatic heterocycles. The fourth-order valence-corrected chi connectivity index (χ4v) is 2.10. The van der Waals surface area contributed by atoms with Gasteiger partial charge in [0, 0.05) is 11.0 Å².